The third-order valence-corrected chi connectivity index (χ3v) is 12.7. The lowest BCUT2D eigenvalue weighted by atomic mass is 10.0. The van der Waals surface area contributed by atoms with Crippen LogP contribution in [0, 0.1) is 0 Å². The molecule has 0 saturated heterocycles. The molecule has 2 atom stereocenters. The Labute approximate surface area is 256 Å². The van der Waals surface area contributed by atoms with Crippen LogP contribution in [0.5, 0.6) is 0 Å². The van der Waals surface area contributed by atoms with Crippen LogP contribution in [0.3, 0.4) is 0 Å². The van der Waals surface area contributed by atoms with Gasteiger partial charge in [0.1, 0.15) is 12.1 Å². The molecule has 0 spiro atoms. The van der Waals surface area contributed by atoms with Gasteiger partial charge in [-0.25, -0.2) is 9.59 Å². The highest BCUT2D eigenvalue weighted by Crippen LogP contribution is 2.37. The lowest BCUT2D eigenvalue weighted by Crippen LogP contribution is -2.44. The van der Waals surface area contributed by atoms with Crippen LogP contribution in [0.2, 0.25) is 0 Å². The molecule has 0 radical (unpaired) electrons. The molecule has 2 saturated carbocycles. The molecule has 2 amide bonds. The van der Waals surface area contributed by atoms with E-state index in [1.165, 1.54) is 74.3 Å². The van der Waals surface area contributed by atoms with Crippen LogP contribution >= 0.6 is 43.2 Å². The number of amides is 2. The van der Waals surface area contributed by atoms with Gasteiger partial charge in [0.2, 0.25) is 0 Å². The van der Waals surface area contributed by atoms with Crippen molar-refractivity contribution >= 4 is 66.9 Å². The fraction of sp³-hybridized carbons (Fsp3) is 0.667. The van der Waals surface area contributed by atoms with Gasteiger partial charge in [0, 0.05) is 34.1 Å². The first-order valence-electron chi connectivity index (χ1n) is 13.8. The first-order chi connectivity index (χ1) is 19.8. The topological polar surface area (TPSA) is 141 Å². The van der Waals surface area contributed by atoms with E-state index in [2.05, 4.69) is 10.6 Å². The molecule has 2 aliphatic carbocycles. The molecule has 0 aliphatic heterocycles. The highest BCUT2D eigenvalue weighted by atomic mass is 33.1. The summed E-state index contributed by atoms with van der Waals surface area (Å²) in [5, 5.41) is 6.12. The Morgan fingerprint density at radius 2 is 1.15 bits per heavy atom. The van der Waals surface area contributed by atoms with Crippen LogP contribution in [0.4, 0.5) is 0 Å². The second-order valence-corrected chi connectivity index (χ2v) is 15.3. The molecule has 0 aromatic carbocycles. The minimum absolute atomic E-state index is 0.265. The molecule has 0 bridgehead atoms. The van der Waals surface area contributed by atoms with Crippen molar-refractivity contribution in [1.82, 2.24) is 10.6 Å². The molecule has 2 unspecified atom stereocenters. The average Bonchev–Trinajstić information content (AvgIpc) is 2.99. The Morgan fingerprint density at radius 3 is 1.51 bits per heavy atom. The third-order valence-electron chi connectivity index (χ3n) is 6.78. The summed E-state index contributed by atoms with van der Waals surface area (Å²) in [5.41, 5.74) is -0.639. The van der Waals surface area contributed by atoms with Crippen molar-refractivity contribution < 1.29 is 33.1 Å². The Bertz CT molecular complexity index is 1010. The van der Waals surface area contributed by atoms with Crippen molar-refractivity contribution in [2.75, 3.05) is 25.7 Å². The molecule has 2 N–H and O–H groups in total. The van der Waals surface area contributed by atoms with E-state index in [1.54, 1.807) is 21.6 Å². The van der Waals surface area contributed by atoms with Gasteiger partial charge in [-0.15, -0.1) is 0 Å². The number of hydrogen-bond acceptors (Lipinski definition) is 12. The van der Waals surface area contributed by atoms with Crippen molar-refractivity contribution in [2.45, 2.75) is 86.8 Å². The molecular formula is C27H38N2O8S4. The number of nitrogens with one attached hydrogen (secondary N) is 2. The Kier molecular flexibility index (Phi) is 14.8. The minimum Gasteiger partial charge on any atom is -0.467 e. The normalized spacial score (nSPS) is 17.7. The van der Waals surface area contributed by atoms with E-state index in [-0.39, 0.29) is 11.5 Å². The van der Waals surface area contributed by atoms with E-state index in [1.807, 2.05) is 0 Å². The second-order valence-electron chi connectivity index (χ2n) is 9.90. The van der Waals surface area contributed by atoms with Gasteiger partial charge in [-0.1, -0.05) is 81.7 Å². The summed E-state index contributed by atoms with van der Waals surface area (Å²) < 4.78 is 15.1. The molecule has 3 rings (SSSR count). The monoisotopic (exact) mass is 646 g/mol. The number of hydrogen-bond donors (Lipinski definition) is 2. The fourth-order valence-corrected chi connectivity index (χ4v) is 10.4. The standard InChI is InChI=1S/C27H38N2O8S4/c1-35-26(33)20(15-38-40-18-9-5-3-6-10-18)28-24(31)22-13-17(30)14-23(37-22)25(32)29-21(27(34)36-2)16-39-41-19-11-7-4-8-12-19/h13-14,18-21H,3-12,15-16H2,1-2H3,(H,28,31)(H,29,32). The van der Waals surface area contributed by atoms with Crippen LogP contribution in [-0.2, 0) is 19.1 Å². The van der Waals surface area contributed by atoms with Gasteiger partial charge in [0.15, 0.2) is 16.9 Å². The zero-order valence-electron chi connectivity index (χ0n) is 23.3. The van der Waals surface area contributed by atoms with Crippen LogP contribution in [0.15, 0.2) is 21.3 Å². The van der Waals surface area contributed by atoms with Crippen molar-refractivity contribution in [3.8, 4) is 0 Å². The molecule has 2 fully saturated rings. The predicted molar refractivity (Wildman–Crippen MR) is 165 cm³/mol. The van der Waals surface area contributed by atoms with Gasteiger partial charge in [-0.2, -0.15) is 0 Å². The van der Waals surface area contributed by atoms with E-state index < -0.39 is 52.8 Å². The largest absolute Gasteiger partial charge is 0.467 e. The van der Waals surface area contributed by atoms with Crippen LogP contribution in [-0.4, -0.2) is 72.1 Å². The number of carbonyl (C=O) groups excluding carboxylic acids is 4. The van der Waals surface area contributed by atoms with Gasteiger partial charge in [-0.05, 0) is 25.7 Å². The summed E-state index contributed by atoms with van der Waals surface area (Å²) in [6.45, 7) is 0. The second kappa shape index (κ2) is 18.0. The smallest absolute Gasteiger partial charge is 0.329 e. The average molecular weight is 647 g/mol. The van der Waals surface area contributed by atoms with Crippen molar-refractivity contribution in [1.29, 1.82) is 0 Å². The van der Waals surface area contributed by atoms with E-state index in [4.69, 9.17) is 13.9 Å². The number of rotatable bonds is 14. The first-order valence-corrected chi connectivity index (χ1v) is 18.6. The zero-order chi connectivity index (χ0) is 29.6. The summed E-state index contributed by atoms with van der Waals surface area (Å²) in [4.78, 5) is 62.9. The Hall–Kier alpha value is -1.77. The quantitative estimate of drug-likeness (QED) is 0.215. The molecule has 41 heavy (non-hydrogen) atoms. The number of carbonyl (C=O) groups is 4. The number of ether oxygens (including phenoxy) is 2. The summed E-state index contributed by atoms with van der Waals surface area (Å²) >= 11 is 0. The molecular weight excluding hydrogens is 609 g/mol. The number of methoxy groups -OCH3 is 2. The van der Waals surface area contributed by atoms with E-state index in [9.17, 15) is 24.0 Å². The van der Waals surface area contributed by atoms with E-state index in [0.717, 1.165) is 37.8 Å². The van der Waals surface area contributed by atoms with Crippen LogP contribution in [0.25, 0.3) is 0 Å². The van der Waals surface area contributed by atoms with E-state index >= 15 is 0 Å². The lowest BCUT2D eigenvalue weighted by Gasteiger charge is -2.22. The summed E-state index contributed by atoms with van der Waals surface area (Å²) in [7, 11) is 8.83. The molecule has 1 heterocycles. The summed E-state index contributed by atoms with van der Waals surface area (Å²) in [6.07, 6.45) is 11.8. The molecule has 1 aromatic heterocycles. The Morgan fingerprint density at radius 1 is 0.756 bits per heavy atom. The summed E-state index contributed by atoms with van der Waals surface area (Å²) in [6, 6.07) is -0.0602. The maximum absolute atomic E-state index is 13.0. The molecule has 228 valence electrons. The lowest BCUT2D eigenvalue weighted by molar-refractivity contribution is -0.143. The number of esters is 2. The Balaban J connectivity index is 1.61. The van der Waals surface area contributed by atoms with E-state index in [0.29, 0.717) is 10.5 Å². The third kappa shape index (κ3) is 11.4. The van der Waals surface area contributed by atoms with Gasteiger partial charge < -0.3 is 24.5 Å². The van der Waals surface area contributed by atoms with Crippen LogP contribution < -0.4 is 16.1 Å². The van der Waals surface area contributed by atoms with Crippen molar-refractivity contribution in [3.63, 3.8) is 0 Å². The maximum atomic E-state index is 13.0. The van der Waals surface area contributed by atoms with Gasteiger partial charge >= 0.3 is 11.9 Å². The molecule has 1 aromatic rings. The van der Waals surface area contributed by atoms with Gasteiger partial charge in [0.25, 0.3) is 11.8 Å². The summed E-state index contributed by atoms with van der Waals surface area (Å²) in [5.74, 6) is -3.26. The molecule has 10 nitrogen and oxygen atoms in total. The highest BCUT2D eigenvalue weighted by molar-refractivity contribution is 8.77. The van der Waals surface area contributed by atoms with Crippen molar-refractivity contribution in [2.24, 2.45) is 0 Å². The first kappa shape index (κ1) is 33.7. The fourth-order valence-electron chi connectivity index (χ4n) is 4.51. The predicted octanol–water partition coefficient (Wildman–Crippen LogP) is 4.61. The molecule has 14 heteroatoms. The molecule has 2 aliphatic rings. The van der Waals surface area contributed by atoms with Gasteiger partial charge in [-0.3, -0.25) is 14.4 Å². The van der Waals surface area contributed by atoms with Crippen LogP contribution in [0.1, 0.15) is 85.3 Å². The minimum atomic E-state index is -0.973. The SMILES string of the molecule is COC(=O)C(CSSC1CCCCC1)NC(=O)c1cc(=O)cc(C(=O)NC(CSSC2CCCCC2)C(=O)OC)o1. The van der Waals surface area contributed by atoms with Gasteiger partial charge in [0.05, 0.1) is 14.2 Å². The maximum Gasteiger partial charge on any atom is 0.329 e. The highest BCUT2D eigenvalue weighted by Gasteiger charge is 2.28. The zero-order valence-corrected chi connectivity index (χ0v) is 26.6. The van der Waals surface area contributed by atoms with Crippen molar-refractivity contribution in [3.05, 3.63) is 33.9 Å².